The molecule has 1 fully saturated rings. The third-order valence-electron chi connectivity index (χ3n) is 5.93. The number of nitrogens with zero attached hydrogens (tertiary/aromatic N) is 3. The minimum atomic E-state index is -0.518. The first-order chi connectivity index (χ1) is 18.4. The summed E-state index contributed by atoms with van der Waals surface area (Å²) in [4.78, 5) is 15.7. The zero-order valence-electron chi connectivity index (χ0n) is 19.8. The van der Waals surface area contributed by atoms with Gasteiger partial charge < -0.3 is 19.5 Å². The molecule has 0 spiro atoms. The maximum atomic E-state index is 11.9. The van der Waals surface area contributed by atoms with E-state index in [2.05, 4.69) is 16.4 Å². The minimum absolute atomic E-state index is 0.102. The van der Waals surface area contributed by atoms with Crippen molar-refractivity contribution in [2.75, 3.05) is 18.5 Å². The van der Waals surface area contributed by atoms with Gasteiger partial charge >= 0.3 is 5.69 Å². The van der Waals surface area contributed by atoms with Gasteiger partial charge in [-0.05, 0) is 35.9 Å². The molecule has 1 aliphatic rings. The Morgan fingerprint density at radius 3 is 2.76 bits per heavy atom. The zero-order valence-corrected chi connectivity index (χ0v) is 21.3. The molecule has 192 valence electrons. The lowest BCUT2D eigenvalue weighted by molar-refractivity contribution is -0.385. The number of aromatic nitrogens is 1. The highest BCUT2D eigenvalue weighted by Gasteiger charge is 2.25. The number of pyridine rings is 1. The Balaban J connectivity index is 1.45. The molecule has 0 saturated carbocycles. The van der Waals surface area contributed by atoms with Crippen molar-refractivity contribution < 1.29 is 19.1 Å². The summed E-state index contributed by atoms with van der Waals surface area (Å²) in [6.45, 7) is 1.18. The van der Waals surface area contributed by atoms with Crippen LogP contribution in [0.5, 0.6) is 11.5 Å². The van der Waals surface area contributed by atoms with Crippen LogP contribution in [0.25, 0.3) is 10.9 Å². The number of benzene rings is 3. The summed E-state index contributed by atoms with van der Waals surface area (Å²) in [6, 6.07) is 17.4. The Hall–Kier alpha value is -4.10. The van der Waals surface area contributed by atoms with Crippen molar-refractivity contribution in [3.63, 3.8) is 0 Å². The lowest BCUT2D eigenvalue weighted by Crippen LogP contribution is -2.16. The van der Waals surface area contributed by atoms with Crippen molar-refractivity contribution in [1.29, 1.82) is 5.26 Å². The number of rotatable bonds is 8. The van der Waals surface area contributed by atoms with Gasteiger partial charge in [-0.15, -0.1) is 0 Å². The lowest BCUT2D eigenvalue weighted by atomic mass is 10.1. The molecule has 0 amide bonds. The number of hydrogen-bond acceptors (Lipinski definition) is 8. The summed E-state index contributed by atoms with van der Waals surface area (Å²) < 4.78 is 17.0. The normalized spacial score (nSPS) is 14.7. The third-order valence-corrected chi connectivity index (χ3v) is 6.46. The fourth-order valence-electron chi connectivity index (χ4n) is 4.08. The van der Waals surface area contributed by atoms with Crippen LogP contribution in [0.2, 0.25) is 10.0 Å². The van der Waals surface area contributed by atoms with Gasteiger partial charge in [0.1, 0.15) is 24.5 Å². The summed E-state index contributed by atoms with van der Waals surface area (Å²) in [7, 11) is 0. The van der Waals surface area contributed by atoms with Crippen molar-refractivity contribution in [2.24, 2.45) is 0 Å². The molecular weight excluding hydrogens is 531 g/mol. The predicted octanol–water partition coefficient (Wildman–Crippen LogP) is 6.81. The number of anilines is 2. The van der Waals surface area contributed by atoms with Gasteiger partial charge in [0.15, 0.2) is 5.75 Å². The molecule has 1 unspecified atom stereocenters. The number of nitro groups is 1. The molecule has 1 saturated heterocycles. The maximum absolute atomic E-state index is 11.9. The van der Waals surface area contributed by atoms with Gasteiger partial charge in [0.2, 0.25) is 0 Å². The third kappa shape index (κ3) is 5.58. The number of nitriles is 1. The molecule has 1 aliphatic heterocycles. The number of fused-ring (bicyclic) bond motifs is 1. The molecule has 1 atom stereocenters. The number of halogens is 2. The van der Waals surface area contributed by atoms with Gasteiger partial charge in [0, 0.05) is 40.8 Å². The maximum Gasteiger partial charge on any atom is 0.311 e. The second kappa shape index (κ2) is 11.1. The van der Waals surface area contributed by atoms with Crippen molar-refractivity contribution in [3.05, 3.63) is 92.1 Å². The highest BCUT2D eigenvalue weighted by Crippen LogP contribution is 2.38. The molecule has 1 aromatic heterocycles. The summed E-state index contributed by atoms with van der Waals surface area (Å²) in [5.41, 5.74) is 2.22. The molecule has 38 heavy (non-hydrogen) atoms. The molecule has 0 radical (unpaired) electrons. The van der Waals surface area contributed by atoms with Crippen molar-refractivity contribution in [2.45, 2.75) is 19.1 Å². The SMILES string of the molecule is N#Cc1cnc2cc(OC3CCOC3)c([N+](=O)[O-])cc2c1Nc1ccc(OCc2cccc(Cl)c2)c(Cl)c1. The fraction of sp³-hybridized carbons (Fsp3) is 0.185. The van der Waals surface area contributed by atoms with Crippen LogP contribution in [-0.4, -0.2) is 29.2 Å². The molecule has 0 bridgehead atoms. The molecule has 2 heterocycles. The highest BCUT2D eigenvalue weighted by atomic mass is 35.5. The van der Waals surface area contributed by atoms with E-state index in [0.29, 0.717) is 57.7 Å². The fourth-order valence-corrected chi connectivity index (χ4v) is 4.53. The summed E-state index contributed by atoms with van der Waals surface area (Å²) in [5.74, 6) is 0.566. The van der Waals surface area contributed by atoms with E-state index in [1.807, 2.05) is 12.1 Å². The largest absolute Gasteiger partial charge is 0.487 e. The van der Waals surface area contributed by atoms with Gasteiger partial charge in [-0.25, -0.2) is 0 Å². The smallest absolute Gasteiger partial charge is 0.311 e. The first-order valence-corrected chi connectivity index (χ1v) is 12.4. The van der Waals surface area contributed by atoms with E-state index in [4.69, 9.17) is 37.4 Å². The Labute approximate surface area is 227 Å². The van der Waals surface area contributed by atoms with Crippen LogP contribution in [0.3, 0.4) is 0 Å². The van der Waals surface area contributed by atoms with E-state index in [9.17, 15) is 15.4 Å². The van der Waals surface area contributed by atoms with E-state index < -0.39 is 4.92 Å². The van der Waals surface area contributed by atoms with Crippen LogP contribution in [-0.2, 0) is 11.3 Å². The molecule has 9 nitrogen and oxygen atoms in total. The van der Waals surface area contributed by atoms with E-state index in [-0.39, 0.29) is 29.7 Å². The first-order valence-electron chi connectivity index (χ1n) is 11.6. The average Bonchev–Trinajstić information content (AvgIpc) is 3.41. The number of ether oxygens (including phenoxy) is 3. The van der Waals surface area contributed by atoms with Gasteiger partial charge in [0.05, 0.1) is 39.9 Å². The van der Waals surface area contributed by atoms with Crippen molar-refractivity contribution in [1.82, 2.24) is 4.98 Å². The molecule has 0 aliphatic carbocycles. The molecule has 5 rings (SSSR count). The molecule has 1 N–H and O–H groups in total. The van der Waals surface area contributed by atoms with E-state index >= 15 is 0 Å². The van der Waals surface area contributed by atoms with Crippen LogP contribution >= 0.6 is 23.2 Å². The Bertz CT molecular complexity index is 1570. The molecule has 3 aromatic carbocycles. The molecule has 4 aromatic rings. The minimum Gasteiger partial charge on any atom is -0.487 e. The quantitative estimate of drug-likeness (QED) is 0.187. The van der Waals surface area contributed by atoms with Gasteiger partial charge in [0.25, 0.3) is 0 Å². The Morgan fingerprint density at radius 2 is 2.05 bits per heavy atom. The highest BCUT2D eigenvalue weighted by molar-refractivity contribution is 6.32. The number of nitrogens with one attached hydrogen (secondary N) is 1. The topological polar surface area (TPSA) is 120 Å². The van der Waals surface area contributed by atoms with Crippen LogP contribution in [0, 0.1) is 21.4 Å². The first kappa shape index (κ1) is 25.5. The monoisotopic (exact) mass is 550 g/mol. The predicted molar refractivity (Wildman–Crippen MR) is 143 cm³/mol. The molecular formula is C27H20Cl2N4O5. The standard InChI is InChI=1S/C27H20Cl2N4O5/c28-18-3-1-2-16(8-18)14-37-25-5-4-19(9-22(25)29)32-27-17(12-30)13-31-23-11-26(38-20-6-7-36-15-20)24(33(34)35)10-21(23)27/h1-5,8-11,13,20H,6-7,14-15H2,(H,31,32). The van der Waals surface area contributed by atoms with Gasteiger partial charge in [-0.3, -0.25) is 15.1 Å². The summed E-state index contributed by atoms with van der Waals surface area (Å²) in [5, 5.41) is 26.1. The number of nitro benzene ring substituents is 1. The Morgan fingerprint density at radius 1 is 1.18 bits per heavy atom. The Kier molecular flexibility index (Phi) is 7.47. The summed E-state index contributed by atoms with van der Waals surface area (Å²) >= 11 is 12.5. The second-order valence-corrected chi connectivity index (χ2v) is 9.39. The van der Waals surface area contributed by atoms with E-state index in [1.165, 1.54) is 18.3 Å². The lowest BCUT2D eigenvalue weighted by Gasteiger charge is -2.16. The van der Waals surface area contributed by atoms with E-state index in [1.54, 1.807) is 30.3 Å². The van der Waals surface area contributed by atoms with Crippen LogP contribution in [0.4, 0.5) is 17.1 Å². The van der Waals surface area contributed by atoms with Crippen LogP contribution in [0.1, 0.15) is 17.5 Å². The summed E-state index contributed by atoms with van der Waals surface area (Å²) in [6.07, 6.45) is 1.77. The van der Waals surface area contributed by atoms with Crippen molar-refractivity contribution in [3.8, 4) is 17.6 Å². The van der Waals surface area contributed by atoms with Gasteiger partial charge in [-0.1, -0.05) is 35.3 Å². The average molecular weight is 551 g/mol. The van der Waals surface area contributed by atoms with Gasteiger partial charge in [-0.2, -0.15) is 5.26 Å². The van der Waals surface area contributed by atoms with Crippen LogP contribution in [0.15, 0.2) is 60.8 Å². The van der Waals surface area contributed by atoms with Crippen LogP contribution < -0.4 is 14.8 Å². The second-order valence-electron chi connectivity index (χ2n) is 8.55. The van der Waals surface area contributed by atoms with E-state index in [0.717, 1.165) is 5.56 Å². The van der Waals surface area contributed by atoms with Crippen molar-refractivity contribution >= 4 is 51.2 Å². The zero-order chi connectivity index (χ0) is 26.6. The molecule has 11 heteroatoms. The number of hydrogen-bond donors (Lipinski definition) is 1.